The van der Waals surface area contributed by atoms with E-state index < -0.39 is 11.7 Å². The van der Waals surface area contributed by atoms with Gasteiger partial charge in [-0.1, -0.05) is 13.3 Å². The van der Waals surface area contributed by atoms with Gasteiger partial charge in [0, 0.05) is 6.61 Å². The van der Waals surface area contributed by atoms with E-state index in [1.54, 1.807) is 0 Å². The second-order valence-electron chi connectivity index (χ2n) is 5.30. The Morgan fingerprint density at radius 1 is 1.32 bits per heavy atom. The predicted molar refractivity (Wildman–Crippen MR) is 68.4 cm³/mol. The van der Waals surface area contributed by atoms with Crippen LogP contribution in [0, 0.1) is 5.41 Å². The van der Waals surface area contributed by atoms with E-state index >= 15 is 0 Å². The Balaban J connectivity index is 1.86. The normalized spacial score (nSPS) is 37.3. The molecule has 0 aromatic rings. The molecule has 1 saturated heterocycles. The highest BCUT2D eigenvalue weighted by molar-refractivity contribution is 5.79. The van der Waals surface area contributed by atoms with Crippen molar-refractivity contribution in [2.24, 2.45) is 5.41 Å². The van der Waals surface area contributed by atoms with Gasteiger partial charge in [0.15, 0.2) is 12.6 Å². The SMILES string of the molecule is CCCCOC1CC(C(=O)OCC)(C2OC(C)O2)C1. The average molecular weight is 272 g/mol. The number of esters is 1. The van der Waals surface area contributed by atoms with Crippen molar-refractivity contribution >= 4 is 5.97 Å². The van der Waals surface area contributed by atoms with Crippen molar-refractivity contribution in [3.8, 4) is 0 Å². The molecule has 0 spiro atoms. The van der Waals surface area contributed by atoms with Gasteiger partial charge < -0.3 is 18.9 Å². The second kappa shape index (κ2) is 6.20. The highest BCUT2D eigenvalue weighted by Crippen LogP contribution is 2.51. The Kier molecular flexibility index (Phi) is 4.81. The zero-order chi connectivity index (χ0) is 13.9. The van der Waals surface area contributed by atoms with Gasteiger partial charge in [-0.05, 0) is 33.1 Å². The van der Waals surface area contributed by atoms with Gasteiger partial charge in [-0.15, -0.1) is 0 Å². The predicted octanol–water partition coefficient (Wildman–Crippen LogP) is 2.23. The summed E-state index contributed by atoms with van der Waals surface area (Å²) in [7, 11) is 0. The van der Waals surface area contributed by atoms with Gasteiger partial charge in [0.1, 0.15) is 5.41 Å². The molecule has 1 saturated carbocycles. The minimum atomic E-state index is -0.653. The molecule has 0 aromatic heterocycles. The van der Waals surface area contributed by atoms with E-state index in [1.807, 2.05) is 13.8 Å². The van der Waals surface area contributed by atoms with Gasteiger partial charge in [-0.25, -0.2) is 0 Å². The van der Waals surface area contributed by atoms with Crippen LogP contribution in [0.1, 0.15) is 46.5 Å². The molecule has 0 N–H and O–H groups in total. The number of hydrogen-bond donors (Lipinski definition) is 0. The highest BCUT2D eigenvalue weighted by atomic mass is 16.9. The number of ether oxygens (including phenoxy) is 4. The molecule has 0 bridgehead atoms. The average Bonchev–Trinajstić information content (AvgIpc) is 2.29. The molecule has 0 unspecified atom stereocenters. The molecule has 19 heavy (non-hydrogen) atoms. The molecule has 110 valence electrons. The lowest BCUT2D eigenvalue weighted by atomic mass is 9.65. The molecule has 2 fully saturated rings. The van der Waals surface area contributed by atoms with Crippen LogP contribution in [-0.4, -0.2) is 37.9 Å². The molecule has 5 heteroatoms. The largest absolute Gasteiger partial charge is 0.465 e. The summed E-state index contributed by atoms with van der Waals surface area (Å²) >= 11 is 0. The van der Waals surface area contributed by atoms with Crippen molar-refractivity contribution < 1.29 is 23.7 Å². The van der Waals surface area contributed by atoms with Gasteiger partial charge >= 0.3 is 5.97 Å². The minimum Gasteiger partial charge on any atom is -0.465 e. The van der Waals surface area contributed by atoms with Crippen LogP contribution in [-0.2, 0) is 23.7 Å². The van der Waals surface area contributed by atoms with Crippen LogP contribution in [0.25, 0.3) is 0 Å². The van der Waals surface area contributed by atoms with Crippen molar-refractivity contribution in [1.29, 1.82) is 0 Å². The first-order chi connectivity index (χ1) is 9.12. The molecule has 2 rings (SSSR count). The summed E-state index contributed by atoms with van der Waals surface area (Å²) in [6, 6.07) is 0. The van der Waals surface area contributed by atoms with Crippen molar-refractivity contribution in [3.05, 3.63) is 0 Å². The van der Waals surface area contributed by atoms with E-state index in [2.05, 4.69) is 6.92 Å². The van der Waals surface area contributed by atoms with Crippen LogP contribution in [0.3, 0.4) is 0 Å². The third kappa shape index (κ3) is 2.93. The Bertz CT molecular complexity index is 305. The zero-order valence-electron chi connectivity index (χ0n) is 12.0. The van der Waals surface area contributed by atoms with Crippen LogP contribution >= 0.6 is 0 Å². The van der Waals surface area contributed by atoms with Gasteiger partial charge in [0.2, 0.25) is 0 Å². The van der Waals surface area contributed by atoms with Gasteiger partial charge in [-0.2, -0.15) is 0 Å². The number of carbonyl (C=O) groups is 1. The van der Waals surface area contributed by atoms with Gasteiger partial charge in [0.25, 0.3) is 0 Å². The summed E-state index contributed by atoms with van der Waals surface area (Å²) in [5.74, 6) is -0.220. The Labute approximate surface area is 114 Å². The molecule has 1 aliphatic carbocycles. The number of carbonyl (C=O) groups excluding carboxylic acids is 1. The molecular weight excluding hydrogens is 248 g/mol. The topological polar surface area (TPSA) is 54.0 Å². The van der Waals surface area contributed by atoms with E-state index in [9.17, 15) is 4.79 Å². The molecule has 5 nitrogen and oxygen atoms in total. The quantitative estimate of drug-likeness (QED) is 0.525. The molecule has 0 amide bonds. The van der Waals surface area contributed by atoms with Crippen molar-refractivity contribution in [2.75, 3.05) is 13.2 Å². The smallest absolute Gasteiger partial charge is 0.317 e. The second-order valence-corrected chi connectivity index (χ2v) is 5.30. The van der Waals surface area contributed by atoms with Crippen LogP contribution < -0.4 is 0 Å². The van der Waals surface area contributed by atoms with Crippen LogP contribution in [0.2, 0.25) is 0 Å². The van der Waals surface area contributed by atoms with E-state index in [0.717, 1.165) is 19.4 Å². The fourth-order valence-corrected chi connectivity index (χ4v) is 2.61. The summed E-state index contributed by atoms with van der Waals surface area (Å²) in [6.45, 7) is 6.89. The lowest BCUT2D eigenvalue weighted by Crippen LogP contribution is -2.62. The molecule has 0 aromatic carbocycles. The minimum absolute atomic E-state index is 0.124. The Morgan fingerprint density at radius 3 is 2.53 bits per heavy atom. The van der Waals surface area contributed by atoms with E-state index in [1.165, 1.54) is 0 Å². The lowest BCUT2D eigenvalue weighted by molar-refractivity contribution is -0.419. The maximum Gasteiger partial charge on any atom is 0.317 e. The van der Waals surface area contributed by atoms with Gasteiger partial charge in [-0.3, -0.25) is 4.79 Å². The third-order valence-corrected chi connectivity index (χ3v) is 3.80. The van der Waals surface area contributed by atoms with Crippen LogP contribution in [0.15, 0.2) is 0 Å². The number of hydrogen-bond acceptors (Lipinski definition) is 5. The summed E-state index contributed by atoms with van der Waals surface area (Å²) < 4.78 is 21.9. The molecular formula is C14H24O5. The molecule has 0 atom stereocenters. The zero-order valence-corrected chi connectivity index (χ0v) is 12.0. The molecule has 2 aliphatic rings. The summed E-state index contributed by atoms with van der Waals surface area (Å²) in [5.41, 5.74) is -0.653. The lowest BCUT2D eigenvalue weighted by Gasteiger charge is -2.53. The van der Waals surface area contributed by atoms with E-state index in [0.29, 0.717) is 19.4 Å². The highest BCUT2D eigenvalue weighted by Gasteiger charge is 2.61. The number of unbranched alkanes of at least 4 members (excludes halogenated alkanes) is 1. The monoisotopic (exact) mass is 272 g/mol. The summed E-state index contributed by atoms with van der Waals surface area (Å²) in [6.07, 6.45) is 2.86. The van der Waals surface area contributed by atoms with E-state index in [-0.39, 0.29) is 18.4 Å². The molecule has 0 radical (unpaired) electrons. The van der Waals surface area contributed by atoms with Crippen molar-refractivity contribution in [2.45, 2.75) is 65.1 Å². The maximum absolute atomic E-state index is 12.1. The Hall–Kier alpha value is -0.650. The first-order valence-electron chi connectivity index (χ1n) is 7.22. The van der Waals surface area contributed by atoms with Crippen molar-refractivity contribution in [1.82, 2.24) is 0 Å². The Morgan fingerprint density at radius 2 is 2.00 bits per heavy atom. The van der Waals surface area contributed by atoms with E-state index in [4.69, 9.17) is 18.9 Å². The fourth-order valence-electron chi connectivity index (χ4n) is 2.61. The molecule has 1 aliphatic heterocycles. The van der Waals surface area contributed by atoms with Crippen LogP contribution in [0.5, 0.6) is 0 Å². The van der Waals surface area contributed by atoms with Crippen LogP contribution in [0.4, 0.5) is 0 Å². The maximum atomic E-state index is 12.1. The van der Waals surface area contributed by atoms with Crippen molar-refractivity contribution in [3.63, 3.8) is 0 Å². The molecule has 1 heterocycles. The summed E-state index contributed by atoms with van der Waals surface area (Å²) in [4.78, 5) is 12.1. The fraction of sp³-hybridized carbons (Fsp3) is 0.929. The first kappa shape index (κ1) is 14.8. The standard InChI is InChI=1S/C14H24O5/c1-4-6-7-17-11-8-14(9-11,12(15)16-5-2)13-18-10(3)19-13/h10-11,13H,4-9H2,1-3H3. The third-order valence-electron chi connectivity index (χ3n) is 3.80. The van der Waals surface area contributed by atoms with Gasteiger partial charge in [0.05, 0.1) is 12.7 Å². The number of rotatable bonds is 7. The first-order valence-corrected chi connectivity index (χ1v) is 7.22. The summed E-state index contributed by atoms with van der Waals surface area (Å²) in [5, 5.41) is 0.